The van der Waals surface area contributed by atoms with Gasteiger partial charge in [-0.25, -0.2) is 0 Å². The van der Waals surface area contributed by atoms with E-state index in [-0.39, 0.29) is 0 Å². The highest BCUT2D eigenvalue weighted by Crippen LogP contribution is 2.43. The molecular weight excluding hydrogens is 753 g/mol. The predicted molar refractivity (Wildman–Crippen MR) is 264 cm³/mol. The second kappa shape index (κ2) is 18.0. The first kappa shape index (κ1) is 39.9. The lowest BCUT2D eigenvalue weighted by atomic mass is 10.0. The molecule has 304 valence electrons. The third-order valence-electron chi connectivity index (χ3n) is 11.5. The van der Waals surface area contributed by atoms with Crippen molar-refractivity contribution in [1.82, 2.24) is 0 Å². The van der Waals surface area contributed by atoms with Crippen LogP contribution in [-0.2, 0) is 0 Å². The van der Waals surface area contributed by atoms with Crippen LogP contribution in [0.5, 0.6) is 0 Å². The van der Waals surface area contributed by atoms with E-state index in [9.17, 15) is 0 Å². The van der Waals surface area contributed by atoms with Crippen molar-refractivity contribution in [2.45, 2.75) is 34.1 Å². The van der Waals surface area contributed by atoms with Gasteiger partial charge in [-0.1, -0.05) is 91.9 Å². The molecule has 8 aromatic rings. The maximum absolute atomic E-state index is 2.38. The third kappa shape index (κ3) is 8.68. The quantitative estimate of drug-likeness (QED) is 0.122. The van der Waals surface area contributed by atoms with E-state index in [2.05, 4.69) is 272 Å². The summed E-state index contributed by atoms with van der Waals surface area (Å²) in [5.41, 5.74) is 17.0. The van der Waals surface area contributed by atoms with Crippen LogP contribution in [0.2, 0.25) is 0 Å². The molecular formula is C58H52N4. The van der Waals surface area contributed by atoms with Crippen LogP contribution in [0.3, 0.4) is 0 Å². The monoisotopic (exact) mass is 804 g/mol. The van der Waals surface area contributed by atoms with Crippen LogP contribution in [0.4, 0.5) is 62.6 Å². The average molecular weight is 805 g/mol. The second-order valence-corrected chi connectivity index (χ2v) is 16.3. The Hall–Kier alpha value is -7.56. The van der Waals surface area contributed by atoms with Gasteiger partial charge >= 0.3 is 0 Å². The maximum Gasteiger partial charge on any atom is 0.0464 e. The Bertz CT molecular complexity index is 2680. The summed E-state index contributed by atoms with van der Waals surface area (Å²) in [6.45, 7) is 8.72. The van der Waals surface area contributed by atoms with Crippen LogP contribution in [0.15, 0.2) is 230 Å². The van der Waals surface area contributed by atoms with Gasteiger partial charge in [0.2, 0.25) is 0 Å². The van der Waals surface area contributed by atoms with Gasteiger partial charge in [0.15, 0.2) is 0 Å². The molecule has 1 aliphatic carbocycles. The van der Waals surface area contributed by atoms with Gasteiger partial charge in [-0.3, -0.25) is 0 Å². The molecule has 0 N–H and O–H groups in total. The van der Waals surface area contributed by atoms with E-state index in [4.69, 9.17) is 0 Å². The molecule has 4 nitrogen and oxygen atoms in total. The lowest BCUT2D eigenvalue weighted by molar-refractivity contribution is 0.728. The Balaban J connectivity index is 1.13. The van der Waals surface area contributed by atoms with Crippen molar-refractivity contribution >= 4 is 62.6 Å². The lowest BCUT2D eigenvalue weighted by Gasteiger charge is -2.31. The summed E-state index contributed by atoms with van der Waals surface area (Å²) in [6, 6.07) is 74.3. The van der Waals surface area contributed by atoms with Gasteiger partial charge in [0.05, 0.1) is 0 Å². The Kier molecular flexibility index (Phi) is 11.6. The van der Waals surface area contributed by atoms with Crippen molar-refractivity contribution in [2.24, 2.45) is 5.92 Å². The standard InChI is InChI=1S/C58H52N4/c1-43-24-26-49(27-25-43)62(58-23-13-16-46(4)42-58)55-38-32-52(33-39-55)59(50-28-34-53(35-29-50)60(47-17-7-5-8-18-47)56-21-11-14-44(2)40-56)51-30-36-54(37-31-51)61(48-19-9-6-10-20-48)57-22-12-15-45(3)41-57/h5-24,26-43H,25H2,1-4H3. The number of nitrogens with zero attached hydrogens (tertiary/aromatic N) is 4. The summed E-state index contributed by atoms with van der Waals surface area (Å²) in [5, 5.41) is 0. The van der Waals surface area contributed by atoms with E-state index in [0.717, 1.165) is 69.0 Å². The maximum atomic E-state index is 2.38. The molecule has 0 heterocycles. The fraction of sp³-hybridized carbons (Fsp3) is 0.103. The highest BCUT2D eigenvalue weighted by molar-refractivity contribution is 5.84. The molecule has 0 aromatic heterocycles. The van der Waals surface area contributed by atoms with Crippen LogP contribution < -0.4 is 19.6 Å². The average Bonchev–Trinajstić information content (AvgIpc) is 3.30. The normalized spacial score (nSPS) is 13.3. The molecule has 0 amide bonds. The number of hydrogen-bond donors (Lipinski definition) is 0. The number of benzene rings is 8. The number of allylic oxidation sites excluding steroid dienone is 3. The molecule has 1 unspecified atom stereocenters. The van der Waals surface area contributed by atoms with E-state index in [0.29, 0.717) is 5.92 Å². The van der Waals surface area contributed by atoms with Crippen LogP contribution in [0.1, 0.15) is 30.0 Å². The fourth-order valence-electron chi connectivity index (χ4n) is 8.38. The molecule has 0 bridgehead atoms. The van der Waals surface area contributed by atoms with Gasteiger partial charge < -0.3 is 19.6 Å². The summed E-state index contributed by atoms with van der Waals surface area (Å²) in [5.74, 6) is 0.528. The van der Waals surface area contributed by atoms with Crippen molar-refractivity contribution in [3.05, 3.63) is 247 Å². The van der Waals surface area contributed by atoms with E-state index < -0.39 is 0 Å². The van der Waals surface area contributed by atoms with Crippen molar-refractivity contribution < 1.29 is 0 Å². The molecule has 8 aromatic carbocycles. The van der Waals surface area contributed by atoms with Crippen LogP contribution >= 0.6 is 0 Å². The topological polar surface area (TPSA) is 13.0 Å². The highest BCUT2D eigenvalue weighted by Gasteiger charge is 2.20. The molecule has 1 aliphatic rings. The van der Waals surface area contributed by atoms with Crippen LogP contribution in [0, 0.1) is 26.7 Å². The smallest absolute Gasteiger partial charge is 0.0464 e. The second-order valence-electron chi connectivity index (χ2n) is 16.3. The zero-order chi connectivity index (χ0) is 42.4. The van der Waals surface area contributed by atoms with Crippen molar-refractivity contribution in [2.75, 3.05) is 19.6 Å². The number of para-hydroxylation sites is 2. The first-order chi connectivity index (χ1) is 30.4. The van der Waals surface area contributed by atoms with E-state index >= 15 is 0 Å². The van der Waals surface area contributed by atoms with Gasteiger partial charge in [0.1, 0.15) is 0 Å². The first-order valence-corrected chi connectivity index (χ1v) is 21.6. The zero-order valence-electron chi connectivity index (χ0n) is 35.9. The minimum atomic E-state index is 0.528. The summed E-state index contributed by atoms with van der Waals surface area (Å²) in [7, 11) is 0. The summed E-state index contributed by atoms with van der Waals surface area (Å²) in [4.78, 5) is 9.38. The largest absolute Gasteiger partial charge is 0.311 e. The van der Waals surface area contributed by atoms with E-state index in [1.807, 2.05) is 0 Å². The third-order valence-corrected chi connectivity index (χ3v) is 11.5. The van der Waals surface area contributed by atoms with Crippen LogP contribution in [-0.4, -0.2) is 0 Å². The Labute approximate surface area is 367 Å². The Morgan fingerprint density at radius 2 is 0.613 bits per heavy atom. The highest BCUT2D eigenvalue weighted by atomic mass is 15.2. The minimum Gasteiger partial charge on any atom is -0.311 e. The molecule has 0 saturated carbocycles. The van der Waals surface area contributed by atoms with Gasteiger partial charge in [-0.15, -0.1) is 0 Å². The van der Waals surface area contributed by atoms with Crippen LogP contribution in [0.25, 0.3) is 0 Å². The molecule has 0 radical (unpaired) electrons. The molecule has 0 spiro atoms. The minimum absolute atomic E-state index is 0.528. The molecule has 0 aliphatic heterocycles. The summed E-state index contributed by atoms with van der Waals surface area (Å²) in [6.07, 6.45) is 7.96. The number of rotatable bonds is 12. The SMILES string of the molecule is Cc1cccc(N(C2=CCC(C)C=C2)c2ccc(N(c3ccc(N(c4ccccc4)c4cccc(C)c4)cc3)c3ccc(N(c4ccccc4)c4cccc(C)c4)cc3)cc2)c1. The Morgan fingerprint density at radius 1 is 0.323 bits per heavy atom. The lowest BCUT2D eigenvalue weighted by Crippen LogP contribution is -2.17. The molecule has 4 heteroatoms. The predicted octanol–water partition coefficient (Wildman–Crippen LogP) is 16.6. The van der Waals surface area contributed by atoms with Gasteiger partial charge in [-0.05, 0) is 189 Å². The molecule has 0 fully saturated rings. The number of aryl methyl sites for hydroxylation is 3. The first-order valence-electron chi connectivity index (χ1n) is 21.6. The molecule has 1 atom stereocenters. The van der Waals surface area contributed by atoms with E-state index in [1.165, 1.54) is 22.4 Å². The van der Waals surface area contributed by atoms with Crippen molar-refractivity contribution in [3.8, 4) is 0 Å². The fourth-order valence-corrected chi connectivity index (χ4v) is 8.38. The molecule has 9 rings (SSSR count). The van der Waals surface area contributed by atoms with Gasteiger partial charge in [0.25, 0.3) is 0 Å². The molecule has 0 saturated heterocycles. The van der Waals surface area contributed by atoms with Gasteiger partial charge in [-0.2, -0.15) is 0 Å². The van der Waals surface area contributed by atoms with E-state index in [1.54, 1.807) is 0 Å². The number of hydrogen-bond acceptors (Lipinski definition) is 4. The van der Waals surface area contributed by atoms with Crippen molar-refractivity contribution in [3.63, 3.8) is 0 Å². The van der Waals surface area contributed by atoms with Crippen molar-refractivity contribution in [1.29, 1.82) is 0 Å². The Morgan fingerprint density at radius 3 is 0.935 bits per heavy atom. The summed E-state index contributed by atoms with van der Waals surface area (Å²) < 4.78 is 0. The molecule has 62 heavy (non-hydrogen) atoms. The zero-order valence-corrected chi connectivity index (χ0v) is 35.9. The number of anilines is 11. The van der Waals surface area contributed by atoms with Gasteiger partial charge in [0, 0.05) is 68.3 Å². The summed E-state index contributed by atoms with van der Waals surface area (Å²) >= 11 is 0.